The van der Waals surface area contributed by atoms with Crippen LogP contribution in [0.15, 0.2) is 36.4 Å². The van der Waals surface area contributed by atoms with Gasteiger partial charge in [-0.1, -0.05) is 6.07 Å². The molecule has 0 bridgehead atoms. The Bertz CT molecular complexity index is 874. The maximum Gasteiger partial charge on any atom is 0.262 e. The molecule has 7 heteroatoms. The molecule has 1 saturated heterocycles. The Kier molecular flexibility index (Phi) is 7.65. The van der Waals surface area contributed by atoms with Crippen LogP contribution in [0.4, 0.5) is 10.1 Å². The first kappa shape index (κ1) is 22.1. The number of rotatable bonds is 8. The fourth-order valence-corrected chi connectivity index (χ4v) is 3.67. The Labute approximate surface area is 176 Å². The van der Waals surface area contributed by atoms with Gasteiger partial charge in [0.25, 0.3) is 5.91 Å². The first-order valence-electron chi connectivity index (χ1n) is 10.2. The third-order valence-corrected chi connectivity index (χ3v) is 5.33. The number of aryl methyl sites for hydroxylation is 1. The van der Waals surface area contributed by atoms with Gasteiger partial charge in [0.05, 0.1) is 7.11 Å². The molecule has 1 fully saturated rings. The van der Waals surface area contributed by atoms with Crippen molar-refractivity contribution in [3.8, 4) is 11.5 Å². The number of carbonyl (C=O) groups is 1. The molecule has 1 aliphatic rings. The number of halogens is 1. The molecule has 1 aliphatic heterocycles. The van der Waals surface area contributed by atoms with Gasteiger partial charge in [0.2, 0.25) is 0 Å². The Balaban J connectivity index is 1.59. The number of nitrogens with zero attached hydrogens (tertiary/aromatic N) is 1. The summed E-state index contributed by atoms with van der Waals surface area (Å²) >= 11 is 0. The quantitative estimate of drug-likeness (QED) is 0.691. The van der Waals surface area contributed by atoms with E-state index in [-0.39, 0.29) is 24.9 Å². The molecule has 3 rings (SSSR count). The summed E-state index contributed by atoms with van der Waals surface area (Å²) in [6.45, 7) is 4.19. The van der Waals surface area contributed by atoms with Gasteiger partial charge in [0.15, 0.2) is 6.61 Å². The number of ether oxygens (including phenoxy) is 2. The monoisotopic (exact) mass is 416 g/mol. The zero-order valence-electron chi connectivity index (χ0n) is 17.5. The average molecular weight is 416 g/mol. The average Bonchev–Trinajstić information content (AvgIpc) is 2.75. The molecule has 0 saturated carbocycles. The van der Waals surface area contributed by atoms with E-state index in [9.17, 15) is 14.3 Å². The van der Waals surface area contributed by atoms with Gasteiger partial charge in [-0.3, -0.25) is 9.69 Å². The van der Waals surface area contributed by atoms with Gasteiger partial charge >= 0.3 is 0 Å². The standard InChI is InChI=1S/C23H29FN2O4/c1-16-5-6-19(11-21(16)24)25-23(28)15-30-20-7-8-22(29-2)18(10-20)13-26-9-3-4-17(12-26)14-27/h5-8,10-11,17,27H,3-4,9,12-15H2,1-2H3,(H,25,28). The zero-order valence-corrected chi connectivity index (χ0v) is 17.5. The predicted molar refractivity (Wildman–Crippen MR) is 113 cm³/mol. The number of hydrogen-bond acceptors (Lipinski definition) is 5. The summed E-state index contributed by atoms with van der Waals surface area (Å²) in [6, 6.07) is 10.0. The first-order chi connectivity index (χ1) is 14.5. The highest BCUT2D eigenvalue weighted by molar-refractivity contribution is 5.91. The van der Waals surface area contributed by atoms with Crippen LogP contribution < -0.4 is 14.8 Å². The highest BCUT2D eigenvalue weighted by Gasteiger charge is 2.20. The smallest absolute Gasteiger partial charge is 0.262 e. The molecule has 0 radical (unpaired) electrons. The molecule has 2 N–H and O–H groups in total. The van der Waals surface area contributed by atoms with Crippen LogP contribution in [0, 0.1) is 18.7 Å². The summed E-state index contributed by atoms with van der Waals surface area (Å²) in [5.41, 5.74) is 1.88. The van der Waals surface area contributed by atoms with Gasteiger partial charge in [-0.15, -0.1) is 0 Å². The van der Waals surface area contributed by atoms with E-state index in [1.54, 1.807) is 32.2 Å². The summed E-state index contributed by atoms with van der Waals surface area (Å²) in [6.07, 6.45) is 2.11. The molecule has 1 amide bonds. The lowest BCUT2D eigenvalue weighted by atomic mass is 9.98. The minimum Gasteiger partial charge on any atom is -0.496 e. The fourth-order valence-electron chi connectivity index (χ4n) is 3.67. The molecule has 0 aromatic heterocycles. The van der Waals surface area contributed by atoms with E-state index in [4.69, 9.17) is 9.47 Å². The van der Waals surface area contributed by atoms with Crippen LogP contribution in [0.1, 0.15) is 24.0 Å². The largest absolute Gasteiger partial charge is 0.496 e. The number of nitrogens with one attached hydrogen (secondary N) is 1. The van der Waals surface area contributed by atoms with Crippen molar-refractivity contribution in [2.75, 3.05) is 38.7 Å². The Morgan fingerprint density at radius 3 is 2.87 bits per heavy atom. The van der Waals surface area contributed by atoms with Gasteiger partial charge in [-0.05, 0) is 68.1 Å². The molecule has 162 valence electrons. The summed E-state index contributed by atoms with van der Waals surface area (Å²) in [4.78, 5) is 14.5. The van der Waals surface area contributed by atoms with Crippen molar-refractivity contribution in [2.24, 2.45) is 5.92 Å². The predicted octanol–water partition coefficient (Wildman–Crippen LogP) is 3.36. The van der Waals surface area contributed by atoms with Gasteiger partial charge in [0.1, 0.15) is 17.3 Å². The second kappa shape index (κ2) is 10.4. The number of piperidine rings is 1. The van der Waals surface area contributed by atoms with Crippen molar-refractivity contribution in [1.29, 1.82) is 0 Å². The van der Waals surface area contributed by atoms with Crippen molar-refractivity contribution in [1.82, 2.24) is 4.90 Å². The maximum atomic E-state index is 13.6. The van der Waals surface area contributed by atoms with E-state index in [1.807, 2.05) is 12.1 Å². The number of benzene rings is 2. The van der Waals surface area contributed by atoms with Crippen molar-refractivity contribution in [3.63, 3.8) is 0 Å². The van der Waals surface area contributed by atoms with Crippen molar-refractivity contribution in [3.05, 3.63) is 53.3 Å². The molecular formula is C23H29FN2O4. The number of likely N-dealkylation sites (tertiary alicyclic amines) is 1. The van der Waals surface area contributed by atoms with Crippen molar-refractivity contribution >= 4 is 11.6 Å². The summed E-state index contributed by atoms with van der Waals surface area (Å²) in [5.74, 6) is 0.895. The third-order valence-electron chi connectivity index (χ3n) is 5.33. The third kappa shape index (κ3) is 5.93. The number of methoxy groups -OCH3 is 1. The first-order valence-corrected chi connectivity index (χ1v) is 10.2. The molecule has 1 atom stereocenters. The van der Waals surface area contributed by atoms with Gasteiger partial charge in [0, 0.05) is 30.9 Å². The second-order valence-electron chi connectivity index (χ2n) is 7.70. The molecule has 0 spiro atoms. The van der Waals surface area contributed by atoms with E-state index in [0.717, 1.165) is 37.2 Å². The minimum atomic E-state index is -0.366. The Morgan fingerprint density at radius 1 is 1.30 bits per heavy atom. The molecule has 6 nitrogen and oxygen atoms in total. The number of carbonyl (C=O) groups excluding carboxylic acids is 1. The van der Waals surface area contributed by atoms with Crippen molar-refractivity contribution < 1.29 is 23.8 Å². The molecule has 2 aromatic rings. The lowest BCUT2D eigenvalue weighted by Crippen LogP contribution is -2.36. The van der Waals surface area contributed by atoms with Gasteiger partial charge in [-0.25, -0.2) is 4.39 Å². The molecular weight excluding hydrogens is 387 g/mol. The minimum absolute atomic E-state index is 0.183. The molecule has 2 aromatic carbocycles. The van der Waals surface area contributed by atoms with Gasteiger partial charge < -0.3 is 19.9 Å². The molecule has 0 aliphatic carbocycles. The van der Waals surface area contributed by atoms with Crippen LogP contribution in [0.25, 0.3) is 0 Å². The van der Waals surface area contributed by atoms with Crippen LogP contribution in [-0.2, 0) is 11.3 Å². The van der Waals surface area contributed by atoms with Crippen LogP contribution >= 0.6 is 0 Å². The Morgan fingerprint density at radius 2 is 2.13 bits per heavy atom. The second-order valence-corrected chi connectivity index (χ2v) is 7.70. The fraction of sp³-hybridized carbons (Fsp3) is 0.435. The topological polar surface area (TPSA) is 71.0 Å². The number of amides is 1. The highest BCUT2D eigenvalue weighted by Crippen LogP contribution is 2.27. The van der Waals surface area contributed by atoms with E-state index in [1.165, 1.54) is 6.07 Å². The normalized spacial score (nSPS) is 16.9. The Hall–Kier alpha value is -2.64. The van der Waals surface area contributed by atoms with Gasteiger partial charge in [-0.2, -0.15) is 0 Å². The zero-order chi connectivity index (χ0) is 21.5. The van der Waals surface area contributed by atoms with Crippen LogP contribution in [0.5, 0.6) is 11.5 Å². The highest BCUT2D eigenvalue weighted by atomic mass is 19.1. The summed E-state index contributed by atoms with van der Waals surface area (Å²) in [7, 11) is 1.63. The van der Waals surface area contributed by atoms with E-state index in [0.29, 0.717) is 29.5 Å². The van der Waals surface area contributed by atoms with Crippen LogP contribution in [0.3, 0.4) is 0 Å². The molecule has 1 unspecified atom stereocenters. The molecule has 30 heavy (non-hydrogen) atoms. The summed E-state index contributed by atoms with van der Waals surface area (Å²) < 4.78 is 24.7. The van der Waals surface area contributed by atoms with Crippen LogP contribution in [0.2, 0.25) is 0 Å². The lowest BCUT2D eigenvalue weighted by Gasteiger charge is -2.32. The number of aliphatic hydroxyl groups is 1. The SMILES string of the molecule is COc1ccc(OCC(=O)Nc2ccc(C)c(F)c2)cc1CN1CCCC(CO)C1. The van der Waals surface area contributed by atoms with E-state index < -0.39 is 0 Å². The lowest BCUT2D eigenvalue weighted by molar-refractivity contribution is -0.118. The van der Waals surface area contributed by atoms with E-state index >= 15 is 0 Å². The van der Waals surface area contributed by atoms with Crippen molar-refractivity contribution in [2.45, 2.75) is 26.3 Å². The number of aliphatic hydroxyl groups excluding tert-OH is 1. The maximum absolute atomic E-state index is 13.6. The number of hydrogen-bond donors (Lipinski definition) is 2. The molecule has 1 heterocycles. The number of anilines is 1. The summed E-state index contributed by atoms with van der Waals surface area (Å²) in [5, 5.41) is 12.1. The van der Waals surface area contributed by atoms with E-state index in [2.05, 4.69) is 10.2 Å². The van der Waals surface area contributed by atoms with Crippen LogP contribution in [-0.4, -0.2) is 49.3 Å².